The molecule has 1 heterocycles. The van der Waals surface area contributed by atoms with Crippen molar-refractivity contribution in [3.63, 3.8) is 0 Å². The Morgan fingerprint density at radius 3 is 2.71 bits per heavy atom. The first-order valence-corrected chi connectivity index (χ1v) is 6.88. The molecule has 1 saturated carbocycles. The van der Waals surface area contributed by atoms with E-state index in [1.165, 1.54) is 34.3 Å². The third-order valence-corrected chi connectivity index (χ3v) is 4.67. The molecule has 0 aromatic carbocycles. The van der Waals surface area contributed by atoms with Crippen LogP contribution in [0.4, 0.5) is 0 Å². The van der Waals surface area contributed by atoms with Gasteiger partial charge in [0.15, 0.2) is 0 Å². The van der Waals surface area contributed by atoms with Crippen molar-refractivity contribution in [3.8, 4) is 0 Å². The first kappa shape index (κ1) is 10.7. The van der Waals surface area contributed by atoms with Crippen molar-refractivity contribution in [2.45, 2.75) is 44.7 Å². The van der Waals surface area contributed by atoms with Crippen molar-refractivity contribution < 1.29 is 0 Å². The minimum absolute atomic E-state index is 0.509. The summed E-state index contributed by atoms with van der Waals surface area (Å²) in [6.45, 7) is 2.26. The maximum atomic E-state index is 3.70. The second kappa shape index (κ2) is 4.77. The molecular weight excluding hydrogens is 258 g/mol. The van der Waals surface area contributed by atoms with E-state index in [1.807, 2.05) is 11.3 Å². The Balaban J connectivity index is 1.91. The monoisotopic (exact) mass is 273 g/mol. The van der Waals surface area contributed by atoms with Gasteiger partial charge in [-0.2, -0.15) is 0 Å². The Bertz CT molecular complexity index is 291. The molecule has 1 aliphatic rings. The molecule has 0 spiro atoms. The fraction of sp³-hybridized carbons (Fsp3) is 0.636. The van der Waals surface area contributed by atoms with Crippen molar-refractivity contribution in [1.82, 2.24) is 5.32 Å². The van der Waals surface area contributed by atoms with E-state index in [2.05, 4.69) is 40.3 Å². The Morgan fingerprint density at radius 1 is 1.43 bits per heavy atom. The molecule has 1 aromatic rings. The van der Waals surface area contributed by atoms with Crippen molar-refractivity contribution in [1.29, 1.82) is 0 Å². The molecule has 0 saturated heterocycles. The van der Waals surface area contributed by atoms with Crippen LogP contribution in [0.5, 0.6) is 0 Å². The van der Waals surface area contributed by atoms with Crippen LogP contribution in [0.15, 0.2) is 15.9 Å². The highest BCUT2D eigenvalue weighted by molar-refractivity contribution is 9.11. The quantitative estimate of drug-likeness (QED) is 0.874. The van der Waals surface area contributed by atoms with Crippen molar-refractivity contribution in [2.75, 3.05) is 0 Å². The van der Waals surface area contributed by atoms with E-state index in [0.29, 0.717) is 6.04 Å². The Morgan fingerprint density at radius 2 is 2.14 bits per heavy atom. The van der Waals surface area contributed by atoms with Gasteiger partial charge in [0.05, 0.1) is 3.79 Å². The summed E-state index contributed by atoms with van der Waals surface area (Å²) in [5, 5.41) is 3.70. The minimum Gasteiger partial charge on any atom is -0.307 e. The van der Waals surface area contributed by atoms with Crippen LogP contribution < -0.4 is 5.32 Å². The smallest absolute Gasteiger partial charge is 0.0701 e. The summed E-state index contributed by atoms with van der Waals surface area (Å²) in [5.74, 6) is 0. The molecule has 1 aromatic heterocycles. The van der Waals surface area contributed by atoms with E-state index in [1.54, 1.807) is 0 Å². The molecule has 2 rings (SSSR count). The molecule has 0 unspecified atom stereocenters. The molecule has 14 heavy (non-hydrogen) atoms. The van der Waals surface area contributed by atoms with E-state index in [-0.39, 0.29) is 0 Å². The molecule has 1 aliphatic carbocycles. The molecule has 78 valence electrons. The van der Waals surface area contributed by atoms with Crippen molar-refractivity contribution >= 4 is 27.3 Å². The van der Waals surface area contributed by atoms with Crippen molar-refractivity contribution in [3.05, 3.63) is 20.8 Å². The third-order valence-electron chi connectivity index (χ3n) is 2.86. The van der Waals surface area contributed by atoms with E-state index in [0.717, 1.165) is 6.04 Å². The molecule has 3 heteroatoms. The predicted octanol–water partition coefficient (Wildman–Crippen LogP) is 4.10. The SMILES string of the molecule is C[C@H](NC1CCCC1)c1ccc(Br)s1. The zero-order valence-corrected chi connectivity index (χ0v) is 10.8. The molecule has 0 radical (unpaired) electrons. The van der Waals surface area contributed by atoms with Gasteiger partial charge < -0.3 is 5.32 Å². The number of rotatable bonds is 3. The van der Waals surface area contributed by atoms with Gasteiger partial charge in [-0.05, 0) is 47.8 Å². The van der Waals surface area contributed by atoms with Gasteiger partial charge >= 0.3 is 0 Å². The average Bonchev–Trinajstić information content (AvgIpc) is 2.75. The molecule has 1 N–H and O–H groups in total. The lowest BCUT2D eigenvalue weighted by atomic mass is 10.2. The number of thiophene rings is 1. The maximum Gasteiger partial charge on any atom is 0.0701 e. The van der Waals surface area contributed by atoms with E-state index >= 15 is 0 Å². The van der Waals surface area contributed by atoms with E-state index < -0.39 is 0 Å². The van der Waals surface area contributed by atoms with Crippen LogP contribution in [0, 0.1) is 0 Å². The lowest BCUT2D eigenvalue weighted by molar-refractivity contribution is 0.465. The van der Waals surface area contributed by atoms with Gasteiger partial charge in [0.2, 0.25) is 0 Å². The van der Waals surface area contributed by atoms with Crippen LogP contribution >= 0.6 is 27.3 Å². The summed E-state index contributed by atoms with van der Waals surface area (Å²) in [5.41, 5.74) is 0. The molecule has 0 aliphatic heterocycles. The predicted molar refractivity (Wildman–Crippen MR) is 65.8 cm³/mol. The van der Waals surface area contributed by atoms with Gasteiger partial charge in [-0.15, -0.1) is 11.3 Å². The lowest BCUT2D eigenvalue weighted by Crippen LogP contribution is -2.28. The number of hydrogen-bond donors (Lipinski definition) is 1. The standard InChI is InChI=1S/C11H16BrNS/c1-8(10-6-7-11(12)14-10)13-9-4-2-3-5-9/h6-9,13H,2-5H2,1H3/t8-/m0/s1. The van der Waals surface area contributed by atoms with Gasteiger partial charge in [-0.1, -0.05) is 12.8 Å². The van der Waals surface area contributed by atoms with Crippen molar-refractivity contribution in [2.24, 2.45) is 0 Å². The van der Waals surface area contributed by atoms with Crippen LogP contribution in [0.3, 0.4) is 0 Å². The fourth-order valence-corrected chi connectivity index (χ4v) is 3.52. The number of nitrogens with one attached hydrogen (secondary N) is 1. The molecule has 0 amide bonds. The summed E-state index contributed by atoms with van der Waals surface area (Å²) < 4.78 is 1.23. The number of hydrogen-bond acceptors (Lipinski definition) is 2. The lowest BCUT2D eigenvalue weighted by Gasteiger charge is -2.17. The van der Waals surface area contributed by atoms with Crippen LogP contribution in [0.1, 0.15) is 43.5 Å². The average molecular weight is 274 g/mol. The Labute approximate surface area is 98.0 Å². The molecular formula is C11H16BrNS. The summed E-state index contributed by atoms with van der Waals surface area (Å²) in [6, 6.07) is 5.61. The Kier molecular flexibility index (Phi) is 3.63. The van der Waals surface area contributed by atoms with Crippen LogP contribution in [0.25, 0.3) is 0 Å². The van der Waals surface area contributed by atoms with E-state index in [4.69, 9.17) is 0 Å². The molecule has 0 bridgehead atoms. The highest BCUT2D eigenvalue weighted by Crippen LogP contribution is 2.28. The minimum atomic E-state index is 0.509. The fourth-order valence-electron chi connectivity index (χ4n) is 2.09. The normalized spacial score (nSPS) is 20.1. The highest BCUT2D eigenvalue weighted by Gasteiger charge is 2.18. The maximum absolute atomic E-state index is 3.70. The summed E-state index contributed by atoms with van der Waals surface area (Å²) >= 11 is 5.34. The first-order chi connectivity index (χ1) is 6.75. The summed E-state index contributed by atoms with van der Waals surface area (Å²) in [4.78, 5) is 1.43. The van der Waals surface area contributed by atoms with Gasteiger partial charge in [-0.3, -0.25) is 0 Å². The number of halogens is 1. The van der Waals surface area contributed by atoms with Gasteiger partial charge in [0, 0.05) is 17.0 Å². The zero-order valence-electron chi connectivity index (χ0n) is 8.42. The topological polar surface area (TPSA) is 12.0 Å². The molecule has 1 fully saturated rings. The van der Waals surface area contributed by atoms with Gasteiger partial charge in [-0.25, -0.2) is 0 Å². The van der Waals surface area contributed by atoms with Gasteiger partial charge in [0.25, 0.3) is 0 Å². The second-order valence-electron chi connectivity index (χ2n) is 4.01. The van der Waals surface area contributed by atoms with E-state index in [9.17, 15) is 0 Å². The van der Waals surface area contributed by atoms with Crippen LogP contribution in [0.2, 0.25) is 0 Å². The first-order valence-electron chi connectivity index (χ1n) is 5.27. The highest BCUT2D eigenvalue weighted by atomic mass is 79.9. The summed E-state index contributed by atoms with van der Waals surface area (Å²) in [6.07, 6.45) is 5.52. The van der Waals surface area contributed by atoms with Crippen LogP contribution in [-0.4, -0.2) is 6.04 Å². The third kappa shape index (κ3) is 2.59. The molecule has 1 atom stereocenters. The summed E-state index contributed by atoms with van der Waals surface area (Å²) in [7, 11) is 0. The van der Waals surface area contributed by atoms with Crippen LogP contribution in [-0.2, 0) is 0 Å². The largest absolute Gasteiger partial charge is 0.307 e. The molecule has 1 nitrogen and oxygen atoms in total. The van der Waals surface area contributed by atoms with Gasteiger partial charge in [0.1, 0.15) is 0 Å². The Hall–Kier alpha value is 0.140. The second-order valence-corrected chi connectivity index (χ2v) is 6.51. The zero-order chi connectivity index (χ0) is 9.97.